The summed E-state index contributed by atoms with van der Waals surface area (Å²) in [6.07, 6.45) is 2.91. The normalized spacial score (nSPS) is 14.6. The first-order chi connectivity index (χ1) is 9.08. The molecule has 100 valence electrons. The highest BCUT2D eigenvalue weighted by atomic mass is 32.1. The van der Waals surface area contributed by atoms with Crippen LogP contribution < -0.4 is 0 Å². The summed E-state index contributed by atoms with van der Waals surface area (Å²) in [5.74, 6) is 0.140. The number of nitrogens with zero attached hydrogens (tertiary/aromatic N) is 2. The minimum Gasteiger partial charge on any atom is -0.347 e. The summed E-state index contributed by atoms with van der Waals surface area (Å²) in [4.78, 5) is 17.3. The van der Waals surface area contributed by atoms with Crippen molar-refractivity contribution in [3.63, 3.8) is 0 Å². The number of thiophene rings is 1. The molecule has 2 aromatic rings. The van der Waals surface area contributed by atoms with Crippen molar-refractivity contribution >= 4 is 17.2 Å². The number of amides is 1. The number of carbonyl (C=O) groups is 1. The zero-order chi connectivity index (χ0) is 13.6. The summed E-state index contributed by atoms with van der Waals surface area (Å²) in [5, 5.41) is 0. The molecule has 2 aromatic heterocycles. The standard InChI is InChI=1S/C15H18N2OS/c1-10-11(2)19-14-6-8-17(9-12(10)14)15(18)13-5-4-7-16(13)3/h4-5,7H,6,8-9H2,1-3H3. The second-order valence-electron chi connectivity index (χ2n) is 5.17. The first-order valence-corrected chi connectivity index (χ1v) is 7.38. The highest BCUT2D eigenvalue weighted by Crippen LogP contribution is 2.32. The van der Waals surface area contributed by atoms with Crippen molar-refractivity contribution in [2.75, 3.05) is 6.54 Å². The van der Waals surface area contributed by atoms with Crippen LogP contribution in [0, 0.1) is 13.8 Å². The van der Waals surface area contributed by atoms with E-state index in [-0.39, 0.29) is 5.91 Å². The van der Waals surface area contributed by atoms with Crippen molar-refractivity contribution in [1.29, 1.82) is 0 Å². The van der Waals surface area contributed by atoms with Gasteiger partial charge in [0, 0.05) is 36.1 Å². The van der Waals surface area contributed by atoms with E-state index in [0.29, 0.717) is 0 Å². The maximum Gasteiger partial charge on any atom is 0.270 e. The van der Waals surface area contributed by atoms with Crippen LogP contribution in [0.3, 0.4) is 0 Å². The Balaban J connectivity index is 1.88. The second-order valence-corrected chi connectivity index (χ2v) is 6.48. The van der Waals surface area contributed by atoms with Crippen LogP contribution in [-0.4, -0.2) is 21.9 Å². The van der Waals surface area contributed by atoms with Crippen molar-refractivity contribution in [3.05, 3.63) is 44.9 Å². The number of aryl methyl sites for hydroxylation is 2. The third-order valence-corrected chi connectivity index (χ3v) is 5.31. The van der Waals surface area contributed by atoms with E-state index in [1.807, 2.05) is 46.2 Å². The number of hydrogen-bond acceptors (Lipinski definition) is 2. The molecule has 1 amide bonds. The van der Waals surface area contributed by atoms with Gasteiger partial charge in [0.1, 0.15) is 5.69 Å². The Bertz CT molecular complexity index is 639. The molecule has 3 heterocycles. The minimum atomic E-state index is 0.140. The molecule has 0 saturated carbocycles. The predicted octanol–water partition coefficient (Wildman–Crippen LogP) is 2.90. The molecule has 0 saturated heterocycles. The highest BCUT2D eigenvalue weighted by molar-refractivity contribution is 7.12. The predicted molar refractivity (Wildman–Crippen MR) is 77.7 cm³/mol. The van der Waals surface area contributed by atoms with Crippen LogP contribution in [0.4, 0.5) is 0 Å². The van der Waals surface area contributed by atoms with E-state index in [0.717, 1.165) is 25.2 Å². The topological polar surface area (TPSA) is 25.2 Å². The van der Waals surface area contributed by atoms with Crippen LogP contribution >= 0.6 is 11.3 Å². The van der Waals surface area contributed by atoms with Gasteiger partial charge < -0.3 is 9.47 Å². The third kappa shape index (κ3) is 2.00. The Labute approximate surface area is 117 Å². The number of fused-ring (bicyclic) bond motifs is 1. The molecule has 0 unspecified atom stereocenters. The largest absolute Gasteiger partial charge is 0.347 e. The van der Waals surface area contributed by atoms with Crippen LogP contribution in [0.25, 0.3) is 0 Å². The number of aromatic nitrogens is 1. The summed E-state index contributed by atoms with van der Waals surface area (Å²) in [7, 11) is 1.92. The molecule has 4 heteroatoms. The molecular weight excluding hydrogens is 256 g/mol. The van der Waals surface area contributed by atoms with Gasteiger partial charge in [-0.25, -0.2) is 0 Å². The lowest BCUT2D eigenvalue weighted by Crippen LogP contribution is -2.36. The lowest BCUT2D eigenvalue weighted by molar-refractivity contribution is 0.0726. The van der Waals surface area contributed by atoms with Gasteiger partial charge in [0.25, 0.3) is 5.91 Å². The maximum atomic E-state index is 12.5. The third-order valence-electron chi connectivity index (χ3n) is 4.00. The first kappa shape index (κ1) is 12.5. The van der Waals surface area contributed by atoms with Gasteiger partial charge in [0.2, 0.25) is 0 Å². The monoisotopic (exact) mass is 274 g/mol. The Hall–Kier alpha value is -1.55. The lowest BCUT2D eigenvalue weighted by Gasteiger charge is -2.27. The number of carbonyl (C=O) groups excluding carboxylic acids is 1. The van der Waals surface area contributed by atoms with E-state index < -0.39 is 0 Å². The fraction of sp³-hybridized carbons (Fsp3) is 0.400. The van der Waals surface area contributed by atoms with Gasteiger partial charge in [-0.2, -0.15) is 0 Å². The van der Waals surface area contributed by atoms with Crippen LogP contribution in [0.2, 0.25) is 0 Å². The van der Waals surface area contributed by atoms with E-state index in [1.165, 1.54) is 20.9 Å². The smallest absolute Gasteiger partial charge is 0.270 e. The van der Waals surface area contributed by atoms with Crippen LogP contribution in [-0.2, 0) is 20.0 Å². The summed E-state index contributed by atoms with van der Waals surface area (Å²) in [6.45, 7) is 5.93. The van der Waals surface area contributed by atoms with E-state index in [2.05, 4.69) is 13.8 Å². The van der Waals surface area contributed by atoms with Crippen LogP contribution in [0.1, 0.15) is 31.4 Å². The van der Waals surface area contributed by atoms with Crippen molar-refractivity contribution in [2.45, 2.75) is 26.8 Å². The van der Waals surface area contributed by atoms with Crippen LogP contribution in [0.5, 0.6) is 0 Å². The first-order valence-electron chi connectivity index (χ1n) is 6.56. The molecule has 1 aliphatic rings. The average Bonchev–Trinajstić information content (AvgIpc) is 2.94. The lowest BCUT2D eigenvalue weighted by atomic mass is 10.0. The molecule has 0 spiro atoms. The molecule has 1 aliphatic heterocycles. The molecule has 3 rings (SSSR count). The molecule has 19 heavy (non-hydrogen) atoms. The van der Waals surface area contributed by atoms with Crippen LogP contribution in [0.15, 0.2) is 18.3 Å². The van der Waals surface area contributed by atoms with Gasteiger partial charge in [0.15, 0.2) is 0 Å². The SMILES string of the molecule is Cc1sc2c(c1C)CN(C(=O)c1cccn1C)CC2. The number of hydrogen-bond donors (Lipinski definition) is 0. The molecule has 0 aliphatic carbocycles. The molecule has 0 bridgehead atoms. The van der Waals surface area contributed by atoms with Crippen molar-refractivity contribution < 1.29 is 4.79 Å². The molecule has 3 nitrogen and oxygen atoms in total. The quantitative estimate of drug-likeness (QED) is 0.785. The Morgan fingerprint density at radius 1 is 1.37 bits per heavy atom. The Kier molecular flexibility index (Phi) is 2.97. The van der Waals surface area contributed by atoms with E-state index >= 15 is 0 Å². The molecule has 0 N–H and O–H groups in total. The van der Waals surface area contributed by atoms with E-state index in [4.69, 9.17) is 0 Å². The van der Waals surface area contributed by atoms with E-state index in [9.17, 15) is 4.79 Å². The molecule has 0 atom stereocenters. The second kappa shape index (κ2) is 4.53. The zero-order valence-electron chi connectivity index (χ0n) is 11.6. The molecule has 0 radical (unpaired) electrons. The fourth-order valence-electron chi connectivity index (χ4n) is 2.68. The minimum absolute atomic E-state index is 0.140. The van der Waals surface area contributed by atoms with Crippen molar-refractivity contribution in [3.8, 4) is 0 Å². The summed E-state index contributed by atoms with van der Waals surface area (Å²) >= 11 is 1.89. The van der Waals surface area contributed by atoms with Gasteiger partial charge >= 0.3 is 0 Å². The van der Waals surface area contributed by atoms with Crippen molar-refractivity contribution in [1.82, 2.24) is 9.47 Å². The fourth-order valence-corrected chi connectivity index (χ4v) is 3.86. The summed E-state index contributed by atoms with van der Waals surface area (Å²) < 4.78 is 1.89. The maximum absolute atomic E-state index is 12.5. The number of rotatable bonds is 1. The van der Waals surface area contributed by atoms with Crippen molar-refractivity contribution in [2.24, 2.45) is 7.05 Å². The molecular formula is C15H18N2OS. The molecule has 0 fully saturated rings. The Morgan fingerprint density at radius 2 is 2.16 bits per heavy atom. The summed E-state index contributed by atoms with van der Waals surface area (Å²) in [5.41, 5.74) is 3.51. The zero-order valence-corrected chi connectivity index (χ0v) is 12.4. The van der Waals surface area contributed by atoms with Gasteiger partial charge in [-0.3, -0.25) is 4.79 Å². The Morgan fingerprint density at radius 3 is 2.84 bits per heavy atom. The van der Waals surface area contributed by atoms with Gasteiger partial charge in [0.05, 0.1) is 0 Å². The van der Waals surface area contributed by atoms with Gasteiger partial charge in [-0.15, -0.1) is 11.3 Å². The molecule has 0 aromatic carbocycles. The summed E-state index contributed by atoms with van der Waals surface area (Å²) in [6, 6.07) is 3.81. The average molecular weight is 274 g/mol. The van der Waals surface area contributed by atoms with Gasteiger partial charge in [-0.1, -0.05) is 0 Å². The highest BCUT2D eigenvalue weighted by Gasteiger charge is 2.26. The van der Waals surface area contributed by atoms with E-state index in [1.54, 1.807) is 0 Å². The van der Waals surface area contributed by atoms with Gasteiger partial charge in [-0.05, 0) is 43.5 Å².